The number of aryl methyl sites for hydroxylation is 1. The van der Waals surface area contributed by atoms with Crippen LogP contribution in [0, 0.1) is 18.7 Å². The molecule has 1 fully saturated rings. The Hall–Kier alpha value is -3.71. The molecule has 1 saturated heterocycles. The fraction of sp³-hybridized carbons (Fsp3) is 0.286. The van der Waals surface area contributed by atoms with Crippen LogP contribution in [0.4, 0.5) is 10.1 Å². The van der Waals surface area contributed by atoms with Crippen molar-refractivity contribution < 1.29 is 23.8 Å². The Morgan fingerprint density at radius 3 is 2.60 bits per heavy atom. The number of nitrogens with one attached hydrogen (secondary N) is 1. The van der Waals surface area contributed by atoms with Crippen LogP contribution in [-0.2, 0) is 9.59 Å². The van der Waals surface area contributed by atoms with Crippen LogP contribution in [-0.4, -0.2) is 30.6 Å². The fourth-order valence-electron chi connectivity index (χ4n) is 4.60. The van der Waals surface area contributed by atoms with Gasteiger partial charge in [0.15, 0.2) is 0 Å². The summed E-state index contributed by atoms with van der Waals surface area (Å²) < 4.78 is 19.1. The van der Waals surface area contributed by atoms with E-state index in [1.165, 1.54) is 18.2 Å². The lowest BCUT2D eigenvalue weighted by Crippen LogP contribution is -2.49. The highest BCUT2D eigenvalue weighted by molar-refractivity contribution is 5.97. The van der Waals surface area contributed by atoms with Crippen LogP contribution in [0.25, 0.3) is 0 Å². The monoisotopic (exact) mass is 476 g/mol. The summed E-state index contributed by atoms with van der Waals surface area (Å²) in [7, 11) is 1.56. The number of halogens is 1. The maximum absolute atomic E-state index is 13.5. The number of ether oxygens (including phenoxy) is 1. The van der Waals surface area contributed by atoms with Crippen LogP contribution in [0.1, 0.15) is 41.7 Å². The predicted octanol–water partition coefficient (Wildman–Crippen LogP) is 4.48. The maximum Gasteiger partial charge on any atom is 0.227 e. The Morgan fingerprint density at radius 2 is 1.89 bits per heavy atom. The number of carbonyl (C=O) groups is 2. The second-order valence-corrected chi connectivity index (χ2v) is 8.75. The van der Waals surface area contributed by atoms with Gasteiger partial charge in [-0.3, -0.25) is 9.59 Å². The largest absolute Gasteiger partial charge is 0.496 e. The SMILES string of the molecule is COc1ccccc1C1C(C(=O)NCC(O)c2cccc(F)c2)CCC(=O)N1c1ccc(C)cc1. The van der Waals surface area contributed by atoms with Crippen LogP contribution in [0.15, 0.2) is 72.8 Å². The third-order valence-corrected chi connectivity index (χ3v) is 6.41. The molecule has 0 radical (unpaired) electrons. The lowest BCUT2D eigenvalue weighted by molar-refractivity contribution is -0.129. The van der Waals surface area contributed by atoms with Crippen LogP contribution >= 0.6 is 0 Å². The Kier molecular flexibility index (Phi) is 7.46. The number of amides is 2. The molecule has 0 bridgehead atoms. The minimum absolute atomic E-state index is 0.0735. The van der Waals surface area contributed by atoms with E-state index in [0.29, 0.717) is 23.4 Å². The van der Waals surface area contributed by atoms with Gasteiger partial charge in [-0.2, -0.15) is 0 Å². The van der Waals surface area contributed by atoms with Crippen molar-refractivity contribution in [1.29, 1.82) is 0 Å². The van der Waals surface area contributed by atoms with Gasteiger partial charge in [-0.15, -0.1) is 0 Å². The molecular formula is C28H29FN2O4. The van der Waals surface area contributed by atoms with Gasteiger partial charge in [0, 0.05) is 24.2 Å². The summed E-state index contributed by atoms with van der Waals surface area (Å²) >= 11 is 0. The van der Waals surface area contributed by atoms with Gasteiger partial charge in [-0.1, -0.05) is 48.0 Å². The quantitative estimate of drug-likeness (QED) is 0.527. The number of para-hydroxylation sites is 1. The number of aliphatic hydroxyl groups is 1. The molecule has 0 spiro atoms. The molecule has 0 saturated carbocycles. The standard InChI is InChI=1S/C28H29FN2O4/c1-18-10-12-21(13-11-18)31-26(33)15-14-23(27(31)22-8-3-4-9-25(22)35-2)28(34)30-17-24(32)19-6-5-7-20(29)16-19/h3-13,16,23-24,27,32H,14-15,17H2,1-2H3,(H,30,34). The molecule has 3 atom stereocenters. The highest BCUT2D eigenvalue weighted by Crippen LogP contribution is 2.43. The van der Waals surface area contributed by atoms with Crippen molar-refractivity contribution in [3.8, 4) is 5.75 Å². The van der Waals surface area contributed by atoms with E-state index in [2.05, 4.69) is 5.32 Å². The lowest BCUT2D eigenvalue weighted by Gasteiger charge is -2.41. The second-order valence-electron chi connectivity index (χ2n) is 8.75. The van der Waals surface area contributed by atoms with Crippen molar-refractivity contribution in [2.24, 2.45) is 5.92 Å². The molecule has 3 aromatic carbocycles. The predicted molar refractivity (Wildman–Crippen MR) is 131 cm³/mol. The molecule has 6 nitrogen and oxygen atoms in total. The first-order chi connectivity index (χ1) is 16.9. The van der Waals surface area contributed by atoms with Gasteiger partial charge in [0.1, 0.15) is 11.6 Å². The zero-order valence-electron chi connectivity index (χ0n) is 19.8. The number of hydrogen-bond acceptors (Lipinski definition) is 4. The molecule has 0 aromatic heterocycles. The first-order valence-corrected chi connectivity index (χ1v) is 11.6. The highest BCUT2D eigenvalue weighted by Gasteiger charge is 2.42. The molecule has 3 aromatic rings. The van der Waals surface area contributed by atoms with Crippen LogP contribution in [0.3, 0.4) is 0 Å². The Morgan fingerprint density at radius 1 is 1.14 bits per heavy atom. The van der Waals surface area contributed by atoms with Crippen molar-refractivity contribution in [2.45, 2.75) is 31.9 Å². The number of anilines is 1. The minimum atomic E-state index is -1.06. The van der Waals surface area contributed by atoms with Crippen LogP contribution < -0.4 is 15.0 Å². The Balaban J connectivity index is 1.65. The van der Waals surface area contributed by atoms with E-state index in [-0.39, 0.29) is 24.8 Å². The molecule has 0 aliphatic carbocycles. The summed E-state index contributed by atoms with van der Waals surface area (Å²) in [5.41, 5.74) is 2.88. The van der Waals surface area contributed by atoms with Gasteiger partial charge in [-0.25, -0.2) is 4.39 Å². The smallest absolute Gasteiger partial charge is 0.227 e. The minimum Gasteiger partial charge on any atom is -0.496 e. The van der Waals surface area contributed by atoms with Gasteiger partial charge in [0.25, 0.3) is 0 Å². The molecule has 1 heterocycles. The number of nitrogens with zero attached hydrogens (tertiary/aromatic N) is 1. The molecule has 7 heteroatoms. The zero-order valence-corrected chi connectivity index (χ0v) is 19.8. The molecule has 4 rings (SSSR count). The molecule has 182 valence electrons. The highest BCUT2D eigenvalue weighted by atomic mass is 19.1. The normalized spacial score (nSPS) is 18.7. The van der Waals surface area contributed by atoms with E-state index in [0.717, 1.165) is 11.1 Å². The third-order valence-electron chi connectivity index (χ3n) is 6.41. The zero-order chi connectivity index (χ0) is 24.9. The molecule has 1 aliphatic rings. The molecular weight excluding hydrogens is 447 g/mol. The first-order valence-electron chi connectivity index (χ1n) is 11.6. The van der Waals surface area contributed by atoms with E-state index in [1.54, 1.807) is 18.1 Å². The third kappa shape index (κ3) is 5.35. The van der Waals surface area contributed by atoms with E-state index in [1.807, 2.05) is 55.5 Å². The Labute approximate surface area is 204 Å². The molecule has 2 N–H and O–H groups in total. The number of piperidine rings is 1. The average molecular weight is 477 g/mol. The molecule has 2 amide bonds. The van der Waals surface area contributed by atoms with Crippen molar-refractivity contribution in [3.63, 3.8) is 0 Å². The maximum atomic E-state index is 13.5. The molecule has 35 heavy (non-hydrogen) atoms. The summed E-state index contributed by atoms with van der Waals surface area (Å²) in [6, 6.07) is 20.1. The summed E-state index contributed by atoms with van der Waals surface area (Å²) in [6.45, 7) is 1.90. The van der Waals surface area contributed by atoms with E-state index < -0.39 is 23.9 Å². The van der Waals surface area contributed by atoms with Gasteiger partial charge >= 0.3 is 0 Å². The number of aliphatic hydroxyl groups excluding tert-OH is 1. The van der Waals surface area contributed by atoms with E-state index in [9.17, 15) is 19.1 Å². The topological polar surface area (TPSA) is 78.9 Å². The van der Waals surface area contributed by atoms with E-state index in [4.69, 9.17) is 4.74 Å². The average Bonchev–Trinajstić information content (AvgIpc) is 2.87. The molecule has 1 aliphatic heterocycles. The van der Waals surface area contributed by atoms with Crippen LogP contribution in [0.5, 0.6) is 5.75 Å². The summed E-state index contributed by atoms with van der Waals surface area (Å²) in [4.78, 5) is 28.3. The first kappa shape index (κ1) is 24.4. The van der Waals surface area contributed by atoms with Crippen LogP contribution in [0.2, 0.25) is 0 Å². The van der Waals surface area contributed by atoms with Crippen molar-refractivity contribution >= 4 is 17.5 Å². The van der Waals surface area contributed by atoms with Gasteiger partial charge in [0.2, 0.25) is 11.8 Å². The van der Waals surface area contributed by atoms with Gasteiger partial charge < -0.3 is 20.1 Å². The number of carbonyl (C=O) groups excluding carboxylic acids is 2. The van der Waals surface area contributed by atoms with Crippen molar-refractivity contribution in [2.75, 3.05) is 18.6 Å². The number of rotatable bonds is 7. The number of benzene rings is 3. The van der Waals surface area contributed by atoms with E-state index >= 15 is 0 Å². The Bertz CT molecular complexity index is 1200. The lowest BCUT2D eigenvalue weighted by atomic mass is 9.82. The summed E-state index contributed by atoms with van der Waals surface area (Å²) in [5, 5.41) is 13.3. The number of methoxy groups -OCH3 is 1. The fourth-order valence-corrected chi connectivity index (χ4v) is 4.60. The second kappa shape index (κ2) is 10.7. The van der Waals surface area contributed by atoms with Crippen molar-refractivity contribution in [1.82, 2.24) is 5.32 Å². The van der Waals surface area contributed by atoms with Crippen molar-refractivity contribution in [3.05, 3.63) is 95.3 Å². The van der Waals surface area contributed by atoms with Gasteiger partial charge in [-0.05, 0) is 49.2 Å². The number of hydrogen-bond donors (Lipinski definition) is 2. The summed E-state index contributed by atoms with van der Waals surface area (Å²) in [6.07, 6.45) is -0.492. The molecule has 3 unspecified atom stereocenters. The summed E-state index contributed by atoms with van der Waals surface area (Å²) in [5.74, 6) is -0.815. The van der Waals surface area contributed by atoms with Gasteiger partial charge in [0.05, 0.1) is 25.2 Å².